The molecule has 0 aliphatic rings. The second-order valence-electron chi connectivity index (χ2n) is 5.33. The Morgan fingerprint density at radius 3 is 2.54 bits per heavy atom. The maximum atomic E-state index is 13.9. The van der Waals surface area contributed by atoms with Crippen LogP contribution < -0.4 is 10.2 Å². The molecule has 24 heavy (non-hydrogen) atoms. The van der Waals surface area contributed by atoms with Crippen LogP contribution >= 0.6 is 11.6 Å². The van der Waals surface area contributed by atoms with Gasteiger partial charge in [0, 0.05) is 30.6 Å². The first kappa shape index (κ1) is 17.9. The fourth-order valence-corrected chi connectivity index (χ4v) is 2.46. The average Bonchev–Trinajstić information content (AvgIpc) is 2.53. The number of para-hydroxylation sites is 1. The molecule has 2 rings (SSSR count). The highest BCUT2D eigenvalue weighted by Gasteiger charge is 2.17. The fraction of sp³-hybridized carbons (Fsp3) is 0.222. The number of halogens is 2. The van der Waals surface area contributed by atoms with Crippen molar-refractivity contribution in [1.82, 2.24) is 0 Å². The Labute approximate surface area is 145 Å². The van der Waals surface area contributed by atoms with E-state index in [-0.39, 0.29) is 30.5 Å². The maximum Gasteiger partial charge on any atom is 0.226 e. The van der Waals surface area contributed by atoms with Crippen molar-refractivity contribution < 1.29 is 14.0 Å². The number of carbonyl (C=O) groups excluding carboxylic acids is 2. The molecule has 0 heterocycles. The van der Waals surface area contributed by atoms with Crippen molar-refractivity contribution in [3.05, 3.63) is 58.9 Å². The fourth-order valence-electron chi connectivity index (χ4n) is 2.29. The van der Waals surface area contributed by atoms with Crippen LogP contribution in [0.25, 0.3) is 0 Å². The van der Waals surface area contributed by atoms with Gasteiger partial charge in [0.2, 0.25) is 11.8 Å². The standard InChI is InChI=1S/C18H18ClFN2O2/c1-12-14(19)6-5-8-16(12)21-18(24)10-11-22(13(2)23)17-9-4-3-7-15(17)20/h3-9H,10-11H2,1-2H3,(H,21,24). The van der Waals surface area contributed by atoms with Crippen molar-refractivity contribution in [2.24, 2.45) is 0 Å². The van der Waals surface area contributed by atoms with E-state index in [4.69, 9.17) is 11.6 Å². The van der Waals surface area contributed by atoms with Crippen molar-refractivity contribution in [2.45, 2.75) is 20.3 Å². The number of hydrogen-bond acceptors (Lipinski definition) is 2. The topological polar surface area (TPSA) is 49.4 Å². The number of benzene rings is 2. The van der Waals surface area contributed by atoms with Gasteiger partial charge in [-0.2, -0.15) is 0 Å². The number of nitrogens with one attached hydrogen (secondary N) is 1. The molecular weight excluding hydrogens is 331 g/mol. The molecule has 6 heteroatoms. The number of amides is 2. The number of anilines is 2. The summed E-state index contributed by atoms with van der Waals surface area (Å²) in [6.07, 6.45) is 0.0415. The molecule has 0 aromatic heterocycles. The number of hydrogen-bond donors (Lipinski definition) is 1. The smallest absolute Gasteiger partial charge is 0.226 e. The summed E-state index contributed by atoms with van der Waals surface area (Å²) in [6, 6.07) is 11.2. The van der Waals surface area contributed by atoms with Gasteiger partial charge in [-0.05, 0) is 36.8 Å². The molecule has 0 saturated carbocycles. The molecule has 0 aliphatic heterocycles. The highest BCUT2D eigenvalue weighted by molar-refractivity contribution is 6.31. The first-order valence-electron chi connectivity index (χ1n) is 7.47. The molecular formula is C18H18ClFN2O2. The first-order valence-corrected chi connectivity index (χ1v) is 7.85. The zero-order valence-corrected chi connectivity index (χ0v) is 14.2. The molecule has 0 bridgehead atoms. The highest BCUT2D eigenvalue weighted by atomic mass is 35.5. The molecule has 0 unspecified atom stereocenters. The molecule has 4 nitrogen and oxygen atoms in total. The Morgan fingerprint density at radius 2 is 1.88 bits per heavy atom. The third-order valence-electron chi connectivity index (χ3n) is 3.63. The predicted molar refractivity (Wildman–Crippen MR) is 93.9 cm³/mol. The summed E-state index contributed by atoms with van der Waals surface area (Å²) in [7, 11) is 0. The third-order valence-corrected chi connectivity index (χ3v) is 4.04. The molecule has 0 saturated heterocycles. The van der Waals surface area contributed by atoms with Gasteiger partial charge in [0.05, 0.1) is 5.69 Å². The Kier molecular flexibility index (Phi) is 5.93. The van der Waals surface area contributed by atoms with E-state index < -0.39 is 5.82 Å². The van der Waals surface area contributed by atoms with Crippen LogP contribution in [0.4, 0.5) is 15.8 Å². The van der Waals surface area contributed by atoms with Gasteiger partial charge < -0.3 is 10.2 Å². The van der Waals surface area contributed by atoms with Crippen LogP contribution in [-0.2, 0) is 9.59 Å². The zero-order chi connectivity index (χ0) is 17.7. The van der Waals surface area contributed by atoms with Gasteiger partial charge in [-0.15, -0.1) is 0 Å². The van der Waals surface area contributed by atoms with E-state index in [0.29, 0.717) is 10.7 Å². The minimum atomic E-state index is -0.501. The lowest BCUT2D eigenvalue weighted by Crippen LogP contribution is -2.32. The summed E-state index contributed by atoms with van der Waals surface area (Å²) in [5, 5.41) is 3.32. The van der Waals surface area contributed by atoms with Crippen LogP contribution in [0.5, 0.6) is 0 Å². The molecule has 2 aromatic rings. The quantitative estimate of drug-likeness (QED) is 0.881. The minimum Gasteiger partial charge on any atom is -0.326 e. The molecule has 0 aliphatic carbocycles. The lowest BCUT2D eigenvalue weighted by atomic mass is 10.2. The summed E-state index contributed by atoms with van der Waals surface area (Å²) in [5.41, 5.74) is 1.55. The molecule has 1 N–H and O–H groups in total. The van der Waals surface area contributed by atoms with Gasteiger partial charge in [0.1, 0.15) is 5.82 Å². The van der Waals surface area contributed by atoms with Gasteiger partial charge in [0.25, 0.3) is 0 Å². The van der Waals surface area contributed by atoms with E-state index in [2.05, 4.69) is 5.32 Å². The lowest BCUT2D eigenvalue weighted by molar-refractivity contribution is -0.117. The van der Waals surface area contributed by atoms with E-state index in [1.54, 1.807) is 37.3 Å². The molecule has 0 radical (unpaired) electrons. The number of nitrogens with zero attached hydrogens (tertiary/aromatic N) is 1. The molecule has 126 valence electrons. The Bertz CT molecular complexity index is 764. The van der Waals surface area contributed by atoms with E-state index in [1.165, 1.54) is 24.0 Å². The van der Waals surface area contributed by atoms with E-state index in [9.17, 15) is 14.0 Å². The van der Waals surface area contributed by atoms with Crippen LogP contribution in [0.2, 0.25) is 5.02 Å². The van der Waals surface area contributed by atoms with Gasteiger partial charge in [0.15, 0.2) is 0 Å². The molecule has 0 spiro atoms. The molecule has 0 atom stereocenters. The maximum absolute atomic E-state index is 13.9. The normalized spacial score (nSPS) is 10.3. The largest absolute Gasteiger partial charge is 0.326 e. The Balaban J connectivity index is 2.05. The van der Waals surface area contributed by atoms with Gasteiger partial charge >= 0.3 is 0 Å². The van der Waals surface area contributed by atoms with Crippen LogP contribution in [0.15, 0.2) is 42.5 Å². The highest BCUT2D eigenvalue weighted by Crippen LogP contribution is 2.23. The molecule has 0 fully saturated rings. The molecule has 2 aromatic carbocycles. The van der Waals surface area contributed by atoms with Crippen LogP contribution in [0.3, 0.4) is 0 Å². The number of carbonyl (C=O) groups is 2. The zero-order valence-electron chi connectivity index (χ0n) is 13.5. The number of rotatable bonds is 5. The Hall–Kier alpha value is -2.40. The SMILES string of the molecule is CC(=O)N(CCC(=O)Nc1cccc(Cl)c1C)c1ccccc1F. The summed E-state index contributed by atoms with van der Waals surface area (Å²) >= 11 is 6.02. The average molecular weight is 349 g/mol. The van der Waals surface area contributed by atoms with E-state index in [0.717, 1.165) is 5.56 Å². The minimum absolute atomic E-state index is 0.0415. The van der Waals surface area contributed by atoms with Crippen molar-refractivity contribution in [3.8, 4) is 0 Å². The van der Waals surface area contributed by atoms with Gasteiger partial charge in [-0.25, -0.2) is 4.39 Å². The first-order chi connectivity index (χ1) is 11.4. The summed E-state index contributed by atoms with van der Waals surface area (Å²) in [6.45, 7) is 3.23. The van der Waals surface area contributed by atoms with Crippen LogP contribution in [0.1, 0.15) is 18.9 Å². The van der Waals surface area contributed by atoms with Crippen molar-refractivity contribution >= 4 is 34.8 Å². The van der Waals surface area contributed by atoms with E-state index in [1.807, 2.05) is 0 Å². The third kappa shape index (κ3) is 4.32. The van der Waals surface area contributed by atoms with Crippen molar-refractivity contribution in [3.63, 3.8) is 0 Å². The summed E-state index contributed by atoms with van der Waals surface area (Å²) in [5.74, 6) is -1.10. The summed E-state index contributed by atoms with van der Waals surface area (Å²) in [4.78, 5) is 25.2. The second kappa shape index (κ2) is 7.93. The van der Waals surface area contributed by atoms with Crippen molar-refractivity contribution in [2.75, 3.05) is 16.8 Å². The molecule has 2 amide bonds. The van der Waals surface area contributed by atoms with Gasteiger partial charge in [-0.3, -0.25) is 9.59 Å². The van der Waals surface area contributed by atoms with Crippen molar-refractivity contribution in [1.29, 1.82) is 0 Å². The summed E-state index contributed by atoms with van der Waals surface area (Å²) < 4.78 is 13.9. The van der Waals surface area contributed by atoms with Crippen LogP contribution in [0, 0.1) is 12.7 Å². The monoisotopic (exact) mass is 348 g/mol. The predicted octanol–water partition coefficient (Wildman–Crippen LogP) is 4.17. The second-order valence-corrected chi connectivity index (χ2v) is 5.74. The van der Waals surface area contributed by atoms with E-state index >= 15 is 0 Å². The van der Waals surface area contributed by atoms with Crippen LogP contribution in [-0.4, -0.2) is 18.4 Å². The Morgan fingerprint density at radius 1 is 1.17 bits per heavy atom. The van der Waals surface area contributed by atoms with Gasteiger partial charge in [-0.1, -0.05) is 29.8 Å². The lowest BCUT2D eigenvalue weighted by Gasteiger charge is -2.21.